The van der Waals surface area contributed by atoms with Gasteiger partial charge in [-0.3, -0.25) is 4.79 Å². The van der Waals surface area contributed by atoms with E-state index < -0.39 is 6.10 Å². The van der Waals surface area contributed by atoms with Gasteiger partial charge in [-0.25, -0.2) is 4.79 Å². The van der Waals surface area contributed by atoms with Gasteiger partial charge in [0.1, 0.15) is 12.4 Å². The minimum absolute atomic E-state index is 0.176. The van der Waals surface area contributed by atoms with Crippen LogP contribution in [-0.4, -0.2) is 24.6 Å². The molecule has 0 aliphatic carbocycles. The average Bonchev–Trinajstić information content (AvgIpc) is 3.13. The van der Waals surface area contributed by atoms with Crippen LogP contribution in [0.5, 0.6) is 0 Å². The summed E-state index contributed by atoms with van der Waals surface area (Å²) in [5, 5.41) is 0. The summed E-state index contributed by atoms with van der Waals surface area (Å²) in [4.78, 5) is 24.1. The Balaban J connectivity index is 1.48. The highest BCUT2D eigenvalue weighted by Gasteiger charge is 2.33. The maximum absolute atomic E-state index is 12.1. The summed E-state index contributed by atoms with van der Waals surface area (Å²) >= 11 is 0. The minimum Gasteiger partial charge on any atom is -0.489 e. The number of hydrogen-bond acceptors (Lipinski definition) is 5. The fourth-order valence-corrected chi connectivity index (χ4v) is 4.38. The quantitative estimate of drug-likeness (QED) is 0.139. The predicted octanol–water partition coefficient (Wildman–Crippen LogP) is 7.82. The molecule has 1 unspecified atom stereocenters. The highest BCUT2D eigenvalue weighted by Crippen LogP contribution is 2.27. The molecule has 0 saturated carbocycles. The summed E-state index contributed by atoms with van der Waals surface area (Å²) in [5.74, 6) is 0.00705. The van der Waals surface area contributed by atoms with E-state index in [1.807, 2.05) is 30.3 Å². The molecule has 1 atom stereocenters. The van der Waals surface area contributed by atoms with Crippen molar-refractivity contribution in [3.05, 3.63) is 47.2 Å². The Hall–Kier alpha value is -2.30. The summed E-state index contributed by atoms with van der Waals surface area (Å²) in [6.07, 6.45) is 17.0. The molecule has 0 amide bonds. The Kier molecular flexibility index (Phi) is 14.9. The standard InChI is InChI=1S/C30H46O5/c1-3-4-5-6-7-8-9-10-11-12-13-14-18-21-28(31)33-23-22-27-29(25(2)30(32)35-27)34-24-26-19-16-15-17-20-26/h15-17,19-20,27H,3-14,18,21-24H2,1-2H3. The van der Waals surface area contributed by atoms with Gasteiger partial charge in [-0.05, 0) is 18.9 Å². The number of carbonyl (C=O) groups is 2. The number of ether oxygens (including phenoxy) is 3. The molecule has 1 aliphatic heterocycles. The van der Waals surface area contributed by atoms with Gasteiger partial charge >= 0.3 is 11.9 Å². The second kappa shape index (κ2) is 18.0. The van der Waals surface area contributed by atoms with E-state index in [-0.39, 0.29) is 18.5 Å². The first-order valence-corrected chi connectivity index (χ1v) is 13.9. The van der Waals surface area contributed by atoms with Crippen LogP contribution in [0.1, 0.15) is 116 Å². The van der Waals surface area contributed by atoms with Crippen molar-refractivity contribution in [2.45, 2.75) is 123 Å². The van der Waals surface area contributed by atoms with E-state index >= 15 is 0 Å². The third-order valence-corrected chi connectivity index (χ3v) is 6.58. The molecule has 2 rings (SSSR count). The molecule has 0 aromatic heterocycles. The van der Waals surface area contributed by atoms with Crippen LogP contribution in [-0.2, 0) is 30.4 Å². The second-order valence-electron chi connectivity index (χ2n) is 9.66. The second-order valence-corrected chi connectivity index (χ2v) is 9.66. The van der Waals surface area contributed by atoms with Gasteiger partial charge in [-0.15, -0.1) is 0 Å². The van der Waals surface area contributed by atoms with E-state index in [1.54, 1.807) is 6.92 Å². The Bertz CT molecular complexity index is 755. The van der Waals surface area contributed by atoms with Gasteiger partial charge in [0.15, 0.2) is 6.10 Å². The van der Waals surface area contributed by atoms with Crippen molar-refractivity contribution < 1.29 is 23.8 Å². The molecule has 1 aromatic carbocycles. The maximum Gasteiger partial charge on any atom is 0.338 e. The van der Waals surface area contributed by atoms with Crippen LogP contribution in [0.25, 0.3) is 0 Å². The van der Waals surface area contributed by atoms with Crippen molar-refractivity contribution in [3.63, 3.8) is 0 Å². The lowest BCUT2D eigenvalue weighted by Gasteiger charge is -2.15. The van der Waals surface area contributed by atoms with Crippen molar-refractivity contribution in [2.75, 3.05) is 6.61 Å². The van der Waals surface area contributed by atoms with Gasteiger partial charge in [-0.1, -0.05) is 114 Å². The number of cyclic esters (lactones) is 1. The topological polar surface area (TPSA) is 61.8 Å². The highest BCUT2D eigenvalue weighted by atomic mass is 16.6. The van der Waals surface area contributed by atoms with Crippen molar-refractivity contribution >= 4 is 11.9 Å². The van der Waals surface area contributed by atoms with Crippen LogP contribution >= 0.6 is 0 Å². The van der Waals surface area contributed by atoms with Crippen LogP contribution in [0.4, 0.5) is 0 Å². The molecule has 1 heterocycles. The minimum atomic E-state index is -0.490. The summed E-state index contributed by atoms with van der Waals surface area (Å²) in [5.41, 5.74) is 1.51. The largest absolute Gasteiger partial charge is 0.489 e. The highest BCUT2D eigenvalue weighted by molar-refractivity contribution is 5.91. The van der Waals surface area contributed by atoms with E-state index in [1.165, 1.54) is 70.6 Å². The third-order valence-electron chi connectivity index (χ3n) is 6.58. The lowest BCUT2D eigenvalue weighted by atomic mass is 10.0. The van der Waals surface area contributed by atoms with Gasteiger partial charge < -0.3 is 14.2 Å². The van der Waals surface area contributed by atoms with Crippen LogP contribution in [0.3, 0.4) is 0 Å². The third kappa shape index (κ3) is 12.3. The first-order chi connectivity index (χ1) is 17.1. The van der Waals surface area contributed by atoms with Crippen LogP contribution in [0.15, 0.2) is 41.7 Å². The molecule has 0 spiro atoms. The summed E-state index contributed by atoms with van der Waals surface area (Å²) in [6.45, 7) is 4.57. The van der Waals surface area contributed by atoms with Gasteiger partial charge in [0, 0.05) is 12.8 Å². The number of rotatable bonds is 20. The monoisotopic (exact) mass is 486 g/mol. The maximum atomic E-state index is 12.1. The number of esters is 2. The molecule has 0 N–H and O–H groups in total. The molecule has 5 nitrogen and oxygen atoms in total. The molecule has 35 heavy (non-hydrogen) atoms. The molecule has 196 valence electrons. The van der Waals surface area contributed by atoms with Crippen LogP contribution in [0.2, 0.25) is 0 Å². The number of carbonyl (C=O) groups excluding carboxylic acids is 2. The average molecular weight is 487 g/mol. The zero-order valence-corrected chi connectivity index (χ0v) is 22.0. The van der Waals surface area contributed by atoms with Crippen LogP contribution in [0, 0.1) is 0 Å². The Morgan fingerprint density at radius 2 is 1.43 bits per heavy atom. The molecule has 0 fully saturated rings. The van der Waals surface area contributed by atoms with Crippen molar-refractivity contribution in [3.8, 4) is 0 Å². The summed E-state index contributed by atoms with van der Waals surface area (Å²) < 4.78 is 16.7. The zero-order chi connectivity index (χ0) is 25.1. The van der Waals surface area contributed by atoms with Gasteiger partial charge in [0.2, 0.25) is 0 Å². The van der Waals surface area contributed by atoms with Crippen molar-refractivity contribution in [2.24, 2.45) is 0 Å². The van der Waals surface area contributed by atoms with Gasteiger partial charge in [0.05, 0.1) is 12.2 Å². The molecule has 0 saturated heterocycles. The Labute approximate surface area is 212 Å². The number of benzene rings is 1. The van der Waals surface area contributed by atoms with E-state index in [0.29, 0.717) is 30.8 Å². The molecule has 1 aromatic rings. The first-order valence-electron chi connectivity index (χ1n) is 13.9. The molecule has 5 heteroatoms. The van der Waals surface area contributed by atoms with E-state index in [0.717, 1.165) is 18.4 Å². The smallest absolute Gasteiger partial charge is 0.338 e. The molecule has 0 radical (unpaired) electrons. The van der Waals surface area contributed by atoms with Gasteiger partial charge in [-0.2, -0.15) is 0 Å². The Morgan fingerprint density at radius 1 is 0.857 bits per heavy atom. The summed E-state index contributed by atoms with van der Waals surface area (Å²) in [7, 11) is 0. The zero-order valence-electron chi connectivity index (χ0n) is 22.0. The van der Waals surface area contributed by atoms with E-state index in [4.69, 9.17) is 14.2 Å². The lowest BCUT2D eigenvalue weighted by molar-refractivity contribution is -0.146. The molecule has 0 bridgehead atoms. The fraction of sp³-hybridized carbons (Fsp3) is 0.667. The van der Waals surface area contributed by atoms with Crippen molar-refractivity contribution in [1.82, 2.24) is 0 Å². The van der Waals surface area contributed by atoms with Gasteiger partial charge in [0.25, 0.3) is 0 Å². The van der Waals surface area contributed by atoms with Crippen molar-refractivity contribution in [1.29, 1.82) is 0 Å². The number of unbranched alkanes of at least 4 members (excludes halogenated alkanes) is 12. The molecule has 1 aliphatic rings. The normalized spacial score (nSPS) is 15.4. The van der Waals surface area contributed by atoms with E-state index in [9.17, 15) is 9.59 Å². The van der Waals surface area contributed by atoms with E-state index in [2.05, 4.69) is 6.92 Å². The Morgan fingerprint density at radius 3 is 2.03 bits per heavy atom. The fourth-order valence-electron chi connectivity index (χ4n) is 4.38. The SMILES string of the molecule is CCCCCCCCCCCCCCCC(=O)OCCC1OC(=O)C(C)=C1OCc1ccccc1. The lowest BCUT2D eigenvalue weighted by Crippen LogP contribution is -2.18. The molecular formula is C30H46O5. The number of hydrogen-bond donors (Lipinski definition) is 0. The van der Waals surface area contributed by atoms with Crippen LogP contribution < -0.4 is 0 Å². The molecular weight excluding hydrogens is 440 g/mol. The first kappa shape index (κ1) is 28.9. The summed E-state index contributed by atoms with van der Waals surface area (Å²) in [6, 6.07) is 9.79. The predicted molar refractivity (Wildman–Crippen MR) is 140 cm³/mol.